The molecule has 0 amide bonds. The maximum Gasteiger partial charge on any atom is 0.320 e. The number of benzene rings is 1. The van der Waals surface area contributed by atoms with E-state index in [9.17, 15) is 14.7 Å². The van der Waals surface area contributed by atoms with Crippen LogP contribution >= 0.6 is 15.9 Å². The fourth-order valence-electron chi connectivity index (χ4n) is 2.66. The van der Waals surface area contributed by atoms with E-state index >= 15 is 0 Å². The van der Waals surface area contributed by atoms with Gasteiger partial charge >= 0.3 is 5.97 Å². The predicted octanol–water partition coefficient (Wildman–Crippen LogP) is 1.72. The highest BCUT2D eigenvalue weighted by Crippen LogP contribution is 2.35. The first-order valence-corrected chi connectivity index (χ1v) is 6.97. The van der Waals surface area contributed by atoms with E-state index in [1.807, 2.05) is 18.2 Å². The zero-order chi connectivity index (χ0) is 13.8. The van der Waals surface area contributed by atoms with Gasteiger partial charge in [-0.2, -0.15) is 0 Å². The molecule has 0 spiro atoms. The van der Waals surface area contributed by atoms with Gasteiger partial charge < -0.3 is 15.1 Å². The lowest BCUT2D eigenvalue weighted by molar-refractivity contribution is -0.139. The van der Waals surface area contributed by atoms with Crippen LogP contribution in [-0.4, -0.2) is 30.7 Å². The molecule has 1 radical (unpaired) electrons. The first-order valence-electron chi connectivity index (χ1n) is 6.17. The minimum atomic E-state index is -0.934. The summed E-state index contributed by atoms with van der Waals surface area (Å²) >= 11 is 3.42. The highest BCUT2D eigenvalue weighted by Gasteiger charge is 2.32. The van der Waals surface area contributed by atoms with Crippen LogP contribution in [0.5, 0.6) is 0 Å². The Kier molecular flexibility index (Phi) is 4.77. The van der Waals surface area contributed by atoms with Crippen LogP contribution in [0.15, 0.2) is 22.7 Å². The molecular formula is C13H14BBrNO3. The van der Waals surface area contributed by atoms with E-state index in [1.165, 1.54) is 5.56 Å². The molecule has 0 saturated carbocycles. The first kappa shape index (κ1) is 14.3. The third-order valence-electron chi connectivity index (χ3n) is 3.48. The van der Waals surface area contributed by atoms with Crippen molar-refractivity contribution in [1.82, 2.24) is 5.23 Å². The molecule has 0 aliphatic heterocycles. The van der Waals surface area contributed by atoms with Crippen LogP contribution in [0.2, 0.25) is 0 Å². The number of carboxylic acids is 1. The summed E-state index contributed by atoms with van der Waals surface area (Å²) < 4.78 is 0.946. The first-order chi connectivity index (χ1) is 9.13. The Morgan fingerprint density at radius 2 is 2.37 bits per heavy atom. The van der Waals surface area contributed by atoms with Crippen LogP contribution in [0.25, 0.3) is 0 Å². The average molecular weight is 323 g/mol. The van der Waals surface area contributed by atoms with Crippen molar-refractivity contribution in [3.63, 3.8) is 0 Å². The summed E-state index contributed by atoms with van der Waals surface area (Å²) in [4.78, 5) is 21.8. The predicted molar refractivity (Wildman–Crippen MR) is 76.9 cm³/mol. The SMILES string of the molecule is O=C[B]NC(C(=O)O)[C@H]1CCCc2ccc(Br)cc21. The monoisotopic (exact) mass is 322 g/mol. The standard InChI is InChI=1S/C13H14BBrNO3/c15-9-5-4-8-2-1-3-10(11(8)6-9)12(13(18)19)16-14-7-17/h4-7,10,12,16H,1-3H2,(H,18,19)/t10-,12?/m0/s1. The largest absolute Gasteiger partial charge is 0.480 e. The van der Waals surface area contributed by atoms with Crippen molar-refractivity contribution in [3.8, 4) is 0 Å². The van der Waals surface area contributed by atoms with E-state index in [0.717, 1.165) is 36.7 Å². The topological polar surface area (TPSA) is 66.4 Å². The molecule has 4 nitrogen and oxygen atoms in total. The average Bonchev–Trinajstić information content (AvgIpc) is 2.39. The summed E-state index contributed by atoms with van der Waals surface area (Å²) in [6.07, 6.45) is 3.31. The fraction of sp³-hybridized carbons (Fsp3) is 0.385. The quantitative estimate of drug-likeness (QED) is 0.640. The molecule has 0 saturated heterocycles. The van der Waals surface area contributed by atoms with Crippen molar-refractivity contribution in [3.05, 3.63) is 33.8 Å². The molecule has 2 rings (SSSR count). The lowest BCUT2D eigenvalue weighted by Crippen LogP contribution is -2.45. The smallest absolute Gasteiger partial charge is 0.320 e. The van der Waals surface area contributed by atoms with Crippen LogP contribution < -0.4 is 5.23 Å². The second-order valence-corrected chi connectivity index (χ2v) is 5.54. The molecular weight excluding hydrogens is 309 g/mol. The van der Waals surface area contributed by atoms with Gasteiger partial charge in [0.2, 0.25) is 0 Å². The number of rotatable bonds is 5. The molecule has 2 atom stereocenters. The van der Waals surface area contributed by atoms with E-state index in [2.05, 4.69) is 21.2 Å². The number of fused-ring (bicyclic) bond motifs is 1. The van der Waals surface area contributed by atoms with Crippen molar-refractivity contribution in [1.29, 1.82) is 0 Å². The summed E-state index contributed by atoms with van der Waals surface area (Å²) in [5, 5.41) is 12.0. The number of carboxylic acid groups (broad SMARTS) is 1. The highest BCUT2D eigenvalue weighted by molar-refractivity contribution is 9.10. The van der Waals surface area contributed by atoms with Gasteiger partial charge in [0.25, 0.3) is 7.41 Å². The Morgan fingerprint density at radius 3 is 3.05 bits per heavy atom. The van der Waals surface area contributed by atoms with E-state index in [1.54, 1.807) is 0 Å². The van der Waals surface area contributed by atoms with Gasteiger partial charge in [0.1, 0.15) is 6.04 Å². The summed E-state index contributed by atoms with van der Waals surface area (Å²) in [6.45, 7) is 0. The summed E-state index contributed by atoms with van der Waals surface area (Å²) in [7, 11) is 1.16. The maximum absolute atomic E-state index is 11.4. The van der Waals surface area contributed by atoms with Gasteiger partial charge in [-0.3, -0.25) is 4.79 Å². The molecule has 6 heteroatoms. The Hall–Kier alpha value is -1.14. The molecule has 0 heterocycles. The molecule has 0 bridgehead atoms. The van der Waals surface area contributed by atoms with Gasteiger partial charge in [0.15, 0.2) is 0 Å². The maximum atomic E-state index is 11.4. The van der Waals surface area contributed by atoms with Crippen molar-refractivity contribution < 1.29 is 14.7 Å². The molecule has 19 heavy (non-hydrogen) atoms. The normalized spacial score (nSPS) is 19.3. The number of carbonyl (C=O) groups excluding carboxylic acids is 1. The number of aryl methyl sites for hydroxylation is 1. The van der Waals surface area contributed by atoms with Gasteiger partial charge in [-0.25, -0.2) is 0 Å². The summed E-state index contributed by atoms with van der Waals surface area (Å²) in [6, 6.07) is 5.23. The van der Waals surface area contributed by atoms with Crippen molar-refractivity contribution in [2.45, 2.75) is 31.2 Å². The van der Waals surface area contributed by atoms with Crippen LogP contribution in [0.4, 0.5) is 0 Å². The Morgan fingerprint density at radius 1 is 1.58 bits per heavy atom. The summed E-state index contributed by atoms with van der Waals surface area (Å²) in [5.74, 6) is -1.05. The van der Waals surface area contributed by atoms with E-state index in [-0.39, 0.29) is 5.92 Å². The molecule has 1 unspecified atom stereocenters. The second kappa shape index (κ2) is 6.35. The van der Waals surface area contributed by atoms with Crippen LogP contribution in [0.1, 0.15) is 29.9 Å². The number of hydrogen-bond acceptors (Lipinski definition) is 3. The number of hydrogen-bond donors (Lipinski definition) is 2. The van der Waals surface area contributed by atoms with Crippen molar-refractivity contribution in [2.75, 3.05) is 0 Å². The zero-order valence-electron chi connectivity index (χ0n) is 10.3. The fourth-order valence-corrected chi connectivity index (χ4v) is 3.03. The Labute approximate surface area is 121 Å². The van der Waals surface area contributed by atoms with E-state index in [0.29, 0.717) is 6.19 Å². The van der Waals surface area contributed by atoms with Gasteiger partial charge in [-0.05, 0) is 42.5 Å². The number of nitrogens with one attached hydrogen (secondary N) is 1. The number of halogens is 1. The van der Waals surface area contributed by atoms with E-state index in [4.69, 9.17) is 0 Å². The zero-order valence-corrected chi connectivity index (χ0v) is 11.9. The van der Waals surface area contributed by atoms with Gasteiger partial charge in [-0.1, -0.05) is 22.0 Å². The lowest BCUT2D eigenvalue weighted by atomic mass is 9.77. The molecule has 99 valence electrons. The van der Waals surface area contributed by atoms with Gasteiger partial charge in [-0.15, -0.1) is 0 Å². The van der Waals surface area contributed by atoms with Gasteiger partial charge in [0, 0.05) is 10.4 Å². The molecule has 1 aromatic carbocycles. The molecule has 1 aliphatic carbocycles. The lowest BCUT2D eigenvalue weighted by Gasteiger charge is -2.30. The van der Waals surface area contributed by atoms with Crippen molar-refractivity contribution >= 4 is 35.5 Å². The van der Waals surface area contributed by atoms with Crippen LogP contribution in [0.3, 0.4) is 0 Å². The molecule has 2 N–H and O–H groups in total. The number of aliphatic carboxylic acids is 1. The second-order valence-electron chi connectivity index (χ2n) is 4.63. The van der Waals surface area contributed by atoms with Gasteiger partial charge in [0.05, 0.1) is 6.19 Å². The Bertz CT molecular complexity index is 495. The van der Waals surface area contributed by atoms with Crippen LogP contribution in [-0.2, 0) is 16.0 Å². The molecule has 1 aromatic rings. The minimum Gasteiger partial charge on any atom is -0.480 e. The van der Waals surface area contributed by atoms with Crippen LogP contribution in [0, 0.1) is 0 Å². The molecule has 0 aromatic heterocycles. The highest BCUT2D eigenvalue weighted by atomic mass is 79.9. The molecule has 1 aliphatic rings. The third kappa shape index (κ3) is 3.25. The summed E-state index contributed by atoms with van der Waals surface area (Å²) in [5.41, 5.74) is 2.25. The third-order valence-corrected chi connectivity index (χ3v) is 3.97. The molecule has 0 fully saturated rings. The van der Waals surface area contributed by atoms with Crippen molar-refractivity contribution in [2.24, 2.45) is 0 Å². The minimum absolute atomic E-state index is 0.116. The van der Waals surface area contributed by atoms with E-state index < -0.39 is 12.0 Å². The number of carbonyl (C=O) groups is 2. The Balaban J connectivity index is 2.31.